The van der Waals surface area contributed by atoms with Gasteiger partial charge in [0.15, 0.2) is 0 Å². The van der Waals surface area contributed by atoms with Crippen molar-refractivity contribution in [3.8, 4) is 11.5 Å². The Kier molecular flexibility index (Phi) is 5.72. The zero-order valence-electron chi connectivity index (χ0n) is 13.3. The first-order valence-electron chi connectivity index (χ1n) is 7.39. The predicted molar refractivity (Wildman–Crippen MR) is 84.6 cm³/mol. The van der Waals surface area contributed by atoms with Crippen molar-refractivity contribution in [2.75, 3.05) is 20.3 Å². The van der Waals surface area contributed by atoms with Crippen LogP contribution in [0.4, 0.5) is 0 Å². The van der Waals surface area contributed by atoms with Gasteiger partial charge in [-0.15, -0.1) is 0 Å². The molecule has 1 heterocycles. The molecule has 1 N–H and O–H groups in total. The van der Waals surface area contributed by atoms with E-state index in [0.29, 0.717) is 30.5 Å². The highest BCUT2D eigenvalue weighted by atomic mass is 16.5. The molecule has 0 unspecified atom stereocenters. The third kappa shape index (κ3) is 4.43. The van der Waals surface area contributed by atoms with Gasteiger partial charge in [0.1, 0.15) is 5.76 Å². The number of rotatable bonds is 7. The van der Waals surface area contributed by atoms with E-state index in [1.165, 1.54) is 0 Å². The number of aryl methyl sites for hydroxylation is 2. The average molecular weight is 302 g/mol. The fourth-order valence-corrected chi connectivity index (χ4v) is 2.15. The van der Waals surface area contributed by atoms with Crippen LogP contribution >= 0.6 is 0 Å². The van der Waals surface area contributed by atoms with E-state index < -0.39 is 0 Å². The number of carbonyl (C=O) groups is 1. The number of benzene rings is 1. The van der Waals surface area contributed by atoms with Crippen molar-refractivity contribution in [1.82, 2.24) is 10.3 Å². The summed E-state index contributed by atoms with van der Waals surface area (Å²) in [4.78, 5) is 16.3. The molecule has 118 valence electrons. The highest BCUT2D eigenvalue weighted by molar-refractivity contribution is 5.78. The van der Waals surface area contributed by atoms with E-state index in [1.54, 1.807) is 7.11 Å². The summed E-state index contributed by atoms with van der Waals surface area (Å²) in [5.41, 5.74) is 2.75. The minimum Gasteiger partial charge on any atom is -0.441 e. The monoisotopic (exact) mass is 302 g/mol. The van der Waals surface area contributed by atoms with Crippen molar-refractivity contribution in [1.29, 1.82) is 0 Å². The van der Waals surface area contributed by atoms with E-state index in [9.17, 15) is 4.79 Å². The van der Waals surface area contributed by atoms with Gasteiger partial charge >= 0.3 is 0 Å². The molecule has 0 saturated heterocycles. The van der Waals surface area contributed by atoms with E-state index in [2.05, 4.69) is 10.3 Å². The van der Waals surface area contributed by atoms with Crippen LogP contribution in [0.5, 0.6) is 0 Å². The van der Waals surface area contributed by atoms with E-state index in [0.717, 1.165) is 17.5 Å². The van der Waals surface area contributed by atoms with Crippen molar-refractivity contribution in [2.45, 2.75) is 26.7 Å². The molecular weight excluding hydrogens is 280 g/mol. The average Bonchev–Trinajstić information content (AvgIpc) is 2.85. The van der Waals surface area contributed by atoms with Crippen LogP contribution in [0.15, 0.2) is 28.7 Å². The van der Waals surface area contributed by atoms with E-state index in [1.807, 2.05) is 38.1 Å². The highest BCUT2D eigenvalue weighted by Crippen LogP contribution is 2.22. The molecule has 0 aliphatic carbocycles. The Hall–Kier alpha value is -2.14. The number of hydrogen-bond acceptors (Lipinski definition) is 4. The normalized spacial score (nSPS) is 10.7. The van der Waals surface area contributed by atoms with Gasteiger partial charge in [-0.1, -0.05) is 17.7 Å². The molecule has 0 atom stereocenters. The Bertz CT molecular complexity index is 635. The Morgan fingerprint density at radius 2 is 2.18 bits per heavy atom. The molecular formula is C17H22N2O3. The molecule has 0 bridgehead atoms. The largest absolute Gasteiger partial charge is 0.441 e. The summed E-state index contributed by atoms with van der Waals surface area (Å²) in [7, 11) is 1.65. The summed E-state index contributed by atoms with van der Waals surface area (Å²) >= 11 is 0. The van der Waals surface area contributed by atoms with Crippen LogP contribution < -0.4 is 5.32 Å². The fraction of sp³-hybridized carbons (Fsp3) is 0.412. The predicted octanol–water partition coefficient (Wildman–Crippen LogP) is 2.65. The summed E-state index contributed by atoms with van der Waals surface area (Å²) < 4.78 is 10.6. The Morgan fingerprint density at radius 3 is 2.91 bits per heavy atom. The summed E-state index contributed by atoms with van der Waals surface area (Å²) in [5, 5.41) is 2.85. The van der Waals surface area contributed by atoms with Crippen LogP contribution in [0.25, 0.3) is 11.5 Å². The SMILES string of the molecule is COCCCNC(=O)Cc1nc(-c2cccc(C)c2)oc1C. The number of amides is 1. The zero-order chi connectivity index (χ0) is 15.9. The quantitative estimate of drug-likeness (QED) is 0.799. The Labute approximate surface area is 130 Å². The molecule has 1 aromatic carbocycles. The number of aromatic nitrogens is 1. The molecule has 0 spiro atoms. The Morgan fingerprint density at radius 1 is 1.36 bits per heavy atom. The standard InChI is InChI=1S/C17H22N2O3/c1-12-6-4-7-14(10-12)17-19-15(13(2)22-17)11-16(20)18-8-5-9-21-3/h4,6-7,10H,5,8-9,11H2,1-3H3,(H,18,20). The molecule has 0 fully saturated rings. The van der Waals surface area contributed by atoms with E-state index >= 15 is 0 Å². The lowest BCUT2D eigenvalue weighted by Crippen LogP contribution is -2.27. The zero-order valence-corrected chi connectivity index (χ0v) is 13.3. The maximum atomic E-state index is 11.9. The molecule has 1 aromatic heterocycles. The maximum Gasteiger partial charge on any atom is 0.226 e. The van der Waals surface area contributed by atoms with E-state index in [4.69, 9.17) is 9.15 Å². The molecule has 2 aromatic rings. The van der Waals surface area contributed by atoms with Gasteiger partial charge in [0, 0.05) is 25.8 Å². The van der Waals surface area contributed by atoms with Gasteiger partial charge in [-0.05, 0) is 32.4 Å². The number of methoxy groups -OCH3 is 1. The molecule has 2 rings (SSSR count). The van der Waals surface area contributed by atoms with Gasteiger partial charge in [-0.2, -0.15) is 0 Å². The van der Waals surface area contributed by atoms with E-state index in [-0.39, 0.29) is 12.3 Å². The second-order valence-corrected chi connectivity index (χ2v) is 5.26. The summed E-state index contributed by atoms with van der Waals surface area (Å²) in [6, 6.07) is 7.95. The van der Waals surface area contributed by atoms with Gasteiger partial charge in [-0.25, -0.2) is 4.98 Å². The minimum absolute atomic E-state index is 0.0525. The topological polar surface area (TPSA) is 64.4 Å². The van der Waals surface area contributed by atoms with Crippen LogP contribution in [0, 0.1) is 13.8 Å². The van der Waals surface area contributed by atoms with Crippen molar-refractivity contribution in [2.24, 2.45) is 0 Å². The van der Waals surface area contributed by atoms with Crippen LogP contribution in [0.2, 0.25) is 0 Å². The lowest BCUT2D eigenvalue weighted by Gasteiger charge is -2.03. The molecule has 0 aliphatic heterocycles. The number of nitrogens with one attached hydrogen (secondary N) is 1. The molecule has 0 saturated carbocycles. The summed E-state index contributed by atoms with van der Waals surface area (Å²) in [5.74, 6) is 1.19. The van der Waals surface area contributed by atoms with Gasteiger partial charge in [0.2, 0.25) is 11.8 Å². The smallest absolute Gasteiger partial charge is 0.226 e. The van der Waals surface area contributed by atoms with Crippen LogP contribution in [0.3, 0.4) is 0 Å². The number of carbonyl (C=O) groups excluding carboxylic acids is 1. The molecule has 0 aliphatic rings. The molecule has 5 heteroatoms. The number of ether oxygens (including phenoxy) is 1. The molecule has 22 heavy (non-hydrogen) atoms. The number of hydrogen-bond donors (Lipinski definition) is 1. The van der Waals surface area contributed by atoms with Gasteiger partial charge in [0.05, 0.1) is 12.1 Å². The van der Waals surface area contributed by atoms with Gasteiger partial charge in [-0.3, -0.25) is 4.79 Å². The molecule has 5 nitrogen and oxygen atoms in total. The van der Waals surface area contributed by atoms with Crippen LogP contribution in [-0.4, -0.2) is 31.2 Å². The maximum absolute atomic E-state index is 11.9. The minimum atomic E-state index is -0.0525. The van der Waals surface area contributed by atoms with Crippen LogP contribution in [-0.2, 0) is 16.0 Å². The van der Waals surface area contributed by atoms with Gasteiger partial charge < -0.3 is 14.5 Å². The highest BCUT2D eigenvalue weighted by Gasteiger charge is 2.14. The van der Waals surface area contributed by atoms with Crippen LogP contribution in [0.1, 0.15) is 23.4 Å². The van der Waals surface area contributed by atoms with Crippen molar-refractivity contribution in [3.05, 3.63) is 41.3 Å². The third-order valence-corrected chi connectivity index (χ3v) is 3.33. The lowest BCUT2D eigenvalue weighted by atomic mass is 10.1. The van der Waals surface area contributed by atoms with Crippen molar-refractivity contribution >= 4 is 5.91 Å². The summed E-state index contributed by atoms with van der Waals surface area (Å²) in [6.45, 7) is 5.10. The third-order valence-electron chi connectivity index (χ3n) is 3.33. The first kappa shape index (κ1) is 16.2. The molecule has 0 radical (unpaired) electrons. The number of oxazole rings is 1. The Balaban J connectivity index is 1.99. The first-order chi connectivity index (χ1) is 10.6. The second-order valence-electron chi connectivity index (χ2n) is 5.26. The number of nitrogens with zero attached hydrogens (tertiary/aromatic N) is 1. The van der Waals surface area contributed by atoms with Gasteiger partial charge in [0.25, 0.3) is 0 Å². The molecule has 1 amide bonds. The lowest BCUT2D eigenvalue weighted by molar-refractivity contribution is -0.120. The fourth-order valence-electron chi connectivity index (χ4n) is 2.15. The van der Waals surface area contributed by atoms with Crippen molar-refractivity contribution in [3.63, 3.8) is 0 Å². The van der Waals surface area contributed by atoms with Crippen molar-refractivity contribution < 1.29 is 13.9 Å². The second kappa shape index (κ2) is 7.75. The summed E-state index contributed by atoms with van der Waals surface area (Å²) in [6.07, 6.45) is 1.03. The first-order valence-corrected chi connectivity index (χ1v) is 7.39.